The van der Waals surface area contributed by atoms with Gasteiger partial charge >= 0.3 is 6.03 Å². The highest BCUT2D eigenvalue weighted by Crippen LogP contribution is 2.32. The van der Waals surface area contributed by atoms with Crippen molar-refractivity contribution in [3.05, 3.63) is 101 Å². The lowest BCUT2D eigenvalue weighted by molar-refractivity contribution is 0.204. The third-order valence-corrected chi connectivity index (χ3v) is 6.62. The largest absolute Gasteiger partial charge is 0.338 e. The molecule has 1 aliphatic rings. The summed E-state index contributed by atoms with van der Waals surface area (Å²) in [7, 11) is 0. The smallest absolute Gasteiger partial charge is 0.322 e. The first-order valence-corrected chi connectivity index (χ1v) is 12.2. The zero-order valence-corrected chi connectivity index (χ0v) is 20.1. The van der Waals surface area contributed by atoms with Gasteiger partial charge in [0.05, 0.1) is 6.54 Å². The minimum absolute atomic E-state index is 0.0722. The highest BCUT2D eigenvalue weighted by molar-refractivity contribution is 5.92. The van der Waals surface area contributed by atoms with Crippen LogP contribution in [0.2, 0.25) is 0 Å². The Morgan fingerprint density at radius 2 is 1.76 bits per heavy atom. The maximum atomic E-state index is 13.2. The summed E-state index contributed by atoms with van der Waals surface area (Å²) in [6.07, 6.45) is 2.15. The monoisotopic (exact) mass is 459 g/mol. The highest BCUT2D eigenvalue weighted by Gasteiger charge is 2.24. The van der Waals surface area contributed by atoms with Gasteiger partial charge in [-0.25, -0.2) is 9.18 Å². The van der Waals surface area contributed by atoms with Gasteiger partial charge in [0.15, 0.2) is 0 Å². The van der Waals surface area contributed by atoms with Crippen LogP contribution in [-0.2, 0) is 13.1 Å². The molecule has 5 heteroatoms. The Morgan fingerprint density at radius 1 is 1.03 bits per heavy atom. The zero-order chi connectivity index (χ0) is 23.9. The van der Waals surface area contributed by atoms with Gasteiger partial charge in [-0.3, -0.25) is 9.80 Å². The number of carbonyl (C=O) groups excluding carboxylic acids is 1. The topological polar surface area (TPSA) is 35.6 Å². The number of likely N-dealkylation sites (tertiary alicyclic amines) is 1. The summed E-state index contributed by atoms with van der Waals surface area (Å²) in [5.74, 6) is 0.278. The normalized spacial score (nSPS) is 14.7. The fraction of sp³-hybridized carbons (Fsp3) is 0.345. The van der Waals surface area contributed by atoms with Crippen LogP contribution in [0.15, 0.2) is 72.8 Å². The number of amides is 2. The second-order valence-corrected chi connectivity index (χ2v) is 9.14. The van der Waals surface area contributed by atoms with Crippen molar-refractivity contribution in [2.45, 2.75) is 45.7 Å². The van der Waals surface area contributed by atoms with Gasteiger partial charge in [0, 0.05) is 18.8 Å². The van der Waals surface area contributed by atoms with Gasteiger partial charge in [-0.1, -0.05) is 48.5 Å². The average Bonchev–Trinajstić information content (AvgIpc) is 2.85. The molecule has 0 saturated carbocycles. The summed E-state index contributed by atoms with van der Waals surface area (Å²) < 4.78 is 13.2. The van der Waals surface area contributed by atoms with E-state index in [2.05, 4.69) is 40.5 Å². The standard InChI is InChI=1S/C29H34FN3O/c1-3-31-29(34)33(27-9-6-7-22(2)19-27)21-25-8-4-5-10-28(25)24-15-17-32(18-16-24)20-23-11-13-26(30)14-12-23/h4-14,19,24H,3,15-18,20-21H2,1-2H3,(H,31,34). The SMILES string of the molecule is CCNC(=O)N(Cc1ccccc1C1CCN(Cc2ccc(F)cc2)CC1)c1cccc(C)c1. The van der Waals surface area contributed by atoms with Gasteiger partial charge in [0.2, 0.25) is 0 Å². The van der Waals surface area contributed by atoms with Crippen molar-refractivity contribution in [3.8, 4) is 0 Å². The summed E-state index contributed by atoms with van der Waals surface area (Å²) in [6, 6.07) is 23.4. The van der Waals surface area contributed by atoms with Crippen LogP contribution in [0, 0.1) is 12.7 Å². The van der Waals surface area contributed by atoms with Crippen molar-refractivity contribution in [2.24, 2.45) is 0 Å². The van der Waals surface area contributed by atoms with E-state index in [0.717, 1.165) is 49.3 Å². The van der Waals surface area contributed by atoms with Gasteiger partial charge in [-0.2, -0.15) is 0 Å². The average molecular weight is 460 g/mol. The lowest BCUT2D eigenvalue weighted by Crippen LogP contribution is -2.40. The number of hydrogen-bond acceptors (Lipinski definition) is 2. The molecular formula is C29H34FN3O. The molecule has 0 radical (unpaired) electrons. The Hall–Kier alpha value is -3.18. The Balaban J connectivity index is 1.47. The van der Waals surface area contributed by atoms with E-state index in [4.69, 9.17) is 0 Å². The van der Waals surface area contributed by atoms with Crippen LogP contribution in [0.25, 0.3) is 0 Å². The van der Waals surface area contributed by atoms with Crippen LogP contribution in [-0.4, -0.2) is 30.6 Å². The number of hydrogen-bond donors (Lipinski definition) is 1. The third-order valence-electron chi connectivity index (χ3n) is 6.62. The predicted octanol–water partition coefficient (Wildman–Crippen LogP) is 6.25. The van der Waals surface area contributed by atoms with Crippen molar-refractivity contribution < 1.29 is 9.18 Å². The van der Waals surface area contributed by atoms with Gasteiger partial charge in [-0.05, 0) is 92.2 Å². The molecule has 1 aliphatic heterocycles. The number of nitrogens with one attached hydrogen (secondary N) is 1. The maximum Gasteiger partial charge on any atom is 0.322 e. The molecular weight excluding hydrogens is 425 g/mol. The molecule has 1 saturated heterocycles. The van der Waals surface area contributed by atoms with Crippen LogP contribution in [0.4, 0.5) is 14.9 Å². The van der Waals surface area contributed by atoms with E-state index in [0.29, 0.717) is 19.0 Å². The number of halogens is 1. The Labute approximate surface area is 202 Å². The van der Waals surface area contributed by atoms with E-state index < -0.39 is 0 Å². The molecule has 1 fully saturated rings. The number of rotatable bonds is 7. The van der Waals surface area contributed by atoms with E-state index in [-0.39, 0.29) is 11.8 Å². The molecule has 1 heterocycles. The summed E-state index contributed by atoms with van der Waals surface area (Å²) in [5, 5.41) is 2.97. The van der Waals surface area contributed by atoms with Crippen LogP contribution >= 0.6 is 0 Å². The van der Waals surface area contributed by atoms with Crippen LogP contribution in [0.3, 0.4) is 0 Å². The fourth-order valence-corrected chi connectivity index (χ4v) is 4.82. The summed E-state index contributed by atoms with van der Waals surface area (Å²) in [6.45, 7) is 8.00. The van der Waals surface area contributed by atoms with Crippen molar-refractivity contribution >= 4 is 11.7 Å². The molecule has 0 unspecified atom stereocenters. The molecule has 3 aromatic carbocycles. The van der Waals surface area contributed by atoms with Gasteiger partial charge in [-0.15, -0.1) is 0 Å². The third kappa shape index (κ3) is 6.03. The molecule has 4 nitrogen and oxygen atoms in total. The minimum atomic E-state index is -0.189. The number of anilines is 1. The Bertz CT molecular complexity index is 1090. The number of aryl methyl sites for hydroxylation is 1. The first-order chi connectivity index (χ1) is 16.5. The van der Waals surface area contributed by atoms with E-state index >= 15 is 0 Å². The van der Waals surface area contributed by atoms with Crippen molar-refractivity contribution in [1.29, 1.82) is 0 Å². The summed E-state index contributed by atoms with van der Waals surface area (Å²) in [4.78, 5) is 17.3. The molecule has 3 aromatic rings. The molecule has 0 spiro atoms. The minimum Gasteiger partial charge on any atom is -0.338 e. The van der Waals surface area contributed by atoms with E-state index in [1.54, 1.807) is 0 Å². The van der Waals surface area contributed by atoms with Crippen molar-refractivity contribution in [3.63, 3.8) is 0 Å². The number of carbonyl (C=O) groups is 1. The second kappa shape index (κ2) is 11.3. The van der Waals surface area contributed by atoms with Crippen molar-refractivity contribution in [1.82, 2.24) is 10.2 Å². The molecule has 0 aliphatic carbocycles. The quantitative estimate of drug-likeness (QED) is 0.453. The van der Waals surface area contributed by atoms with E-state index in [9.17, 15) is 9.18 Å². The van der Waals surface area contributed by atoms with Crippen LogP contribution < -0.4 is 10.2 Å². The molecule has 178 valence electrons. The molecule has 4 rings (SSSR count). The highest BCUT2D eigenvalue weighted by atomic mass is 19.1. The molecule has 1 N–H and O–H groups in total. The van der Waals surface area contributed by atoms with E-state index in [1.165, 1.54) is 23.3 Å². The molecule has 34 heavy (non-hydrogen) atoms. The molecule has 0 bridgehead atoms. The summed E-state index contributed by atoms with van der Waals surface area (Å²) >= 11 is 0. The lowest BCUT2D eigenvalue weighted by Gasteiger charge is -2.33. The first kappa shape index (κ1) is 24.0. The zero-order valence-electron chi connectivity index (χ0n) is 20.1. The number of nitrogens with zero attached hydrogens (tertiary/aromatic N) is 2. The van der Waals surface area contributed by atoms with Crippen LogP contribution in [0.5, 0.6) is 0 Å². The van der Waals surface area contributed by atoms with Crippen molar-refractivity contribution in [2.75, 3.05) is 24.5 Å². The Kier molecular flexibility index (Phi) is 7.96. The predicted molar refractivity (Wildman–Crippen MR) is 137 cm³/mol. The van der Waals surface area contributed by atoms with Crippen LogP contribution in [0.1, 0.15) is 47.9 Å². The first-order valence-electron chi connectivity index (χ1n) is 12.2. The maximum absolute atomic E-state index is 13.2. The van der Waals surface area contributed by atoms with Gasteiger partial charge in [0.25, 0.3) is 0 Å². The number of piperidine rings is 1. The summed E-state index contributed by atoms with van der Waals surface area (Å²) in [5.41, 5.74) is 5.73. The Morgan fingerprint density at radius 3 is 2.47 bits per heavy atom. The van der Waals surface area contributed by atoms with Gasteiger partial charge < -0.3 is 5.32 Å². The fourth-order valence-electron chi connectivity index (χ4n) is 4.82. The lowest BCUT2D eigenvalue weighted by atomic mass is 9.86. The second-order valence-electron chi connectivity index (χ2n) is 9.14. The molecule has 0 aromatic heterocycles. The van der Waals surface area contributed by atoms with E-state index in [1.807, 2.05) is 49.1 Å². The molecule has 0 atom stereocenters. The number of benzene rings is 3. The van der Waals surface area contributed by atoms with Gasteiger partial charge in [0.1, 0.15) is 5.82 Å². The molecule has 2 amide bonds. The number of urea groups is 1.